The average molecular weight is 424 g/mol. The van der Waals surface area contributed by atoms with Gasteiger partial charge in [0.15, 0.2) is 0 Å². The van der Waals surface area contributed by atoms with E-state index in [0.717, 1.165) is 25.7 Å². The Morgan fingerprint density at radius 1 is 0.594 bits per heavy atom. The quantitative estimate of drug-likeness (QED) is 0.278. The van der Waals surface area contributed by atoms with Crippen LogP contribution in [0, 0.1) is 0 Å². The molecule has 0 unspecified atom stereocenters. The summed E-state index contributed by atoms with van der Waals surface area (Å²) in [6.07, 6.45) is 4.39. The maximum atomic E-state index is 4.03. The van der Waals surface area contributed by atoms with Crippen LogP contribution in [0.1, 0.15) is 71.4 Å². The fourth-order valence-electron chi connectivity index (χ4n) is 5.17. The van der Waals surface area contributed by atoms with E-state index in [1.54, 1.807) is 0 Å². The van der Waals surface area contributed by atoms with Crippen LogP contribution >= 0.6 is 0 Å². The second-order valence-electron chi connectivity index (χ2n) is 9.45. The van der Waals surface area contributed by atoms with E-state index >= 15 is 0 Å². The summed E-state index contributed by atoms with van der Waals surface area (Å²) in [5.41, 5.74) is 4.20. The molecule has 1 nitrogen and oxygen atoms in total. The summed E-state index contributed by atoms with van der Waals surface area (Å²) in [7, 11) is 0. The first-order valence-corrected chi connectivity index (χ1v) is 12.3. The van der Waals surface area contributed by atoms with Gasteiger partial charge in [0.1, 0.15) is 0 Å². The molecular formula is C31H37N. The van der Waals surface area contributed by atoms with Crippen LogP contribution in [0.25, 0.3) is 21.5 Å². The number of anilines is 1. The van der Waals surface area contributed by atoms with Gasteiger partial charge in [0.25, 0.3) is 0 Å². The molecule has 0 radical (unpaired) electrons. The minimum absolute atomic E-state index is 0.0986. The molecule has 1 heteroatoms. The van der Waals surface area contributed by atoms with Crippen molar-refractivity contribution in [2.75, 3.05) is 5.32 Å². The van der Waals surface area contributed by atoms with Gasteiger partial charge in [0, 0.05) is 11.1 Å². The Bertz CT molecular complexity index is 1190. The SMILES string of the molecule is CCC(C)(CC)c1ccc(C(CC)(CC)Nc2cc3ccccc3c3ccccc23)cc1. The smallest absolute Gasteiger partial charge is 0.0620 e. The van der Waals surface area contributed by atoms with Gasteiger partial charge in [-0.05, 0) is 64.5 Å². The lowest BCUT2D eigenvalue weighted by molar-refractivity contribution is 0.435. The minimum Gasteiger partial charge on any atom is -0.375 e. The number of benzene rings is 4. The first-order chi connectivity index (χ1) is 15.5. The Morgan fingerprint density at radius 2 is 1.12 bits per heavy atom. The molecular weight excluding hydrogens is 386 g/mol. The highest BCUT2D eigenvalue weighted by atomic mass is 15.0. The van der Waals surface area contributed by atoms with Crippen LogP contribution < -0.4 is 5.32 Å². The molecule has 4 aromatic carbocycles. The molecule has 1 N–H and O–H groups in total. The Morgan fingerprint density at radius 3 is 1.72 bits per heavy atom. The first kappa shape index (κ1) is 22.4. The number of hydrogen-bond acceptors (Lipinski definition) is 1. The van der Waals surface area contributed by atoms with Crippen molar-refractivity contribution in [2.45, 2.75) is 71.3 Å². The molecule has 0 spiro atoms. The lowest BCUT2D eigenvalue weighted by Crippen LogP contribution is -2.34. The zero-order valence-corrected chi connectivity index (χ0v) is 20.3. The van der Waals surface area contributed by atoms with Gasteiger partial charge in [-0.1, -0.05) is 107 Å². The second kappa shape index (κ2) is 8.98. The van der Waals surface area contributed by atoms with E-state index in [9.17, 15) is 0 Å². The predicted molar refractivity (Wildman–Crippen MR) is 142 cm³/mol. The normalized spacial score (nSPS) is 12.4. The Labute approximate surface area is 193 Å². The average Bonchev–Trinajstić information content (AvgIpc) is 2.87. The lowest BCUT2D eigenvalue weighted by Gasteiger charge is -2.36. The molecule has 0 amide bonds. The van der Waals surface area contributed by atoms with Crippen molar-refractivity contribution in [3.8, 4) is 0 Å². The Balaban J connectivity index is 1.81. The van der Waals surface area contributed by atoms with Crippen molar-refractivity contribution in [3.63, 3.8) is 0 Å². The van der Waals surface area contributed by atoms with Crippen LogP contribution in [-0.2, 0) is 11.0 Å². The van der Waals surface area contributed by atoms with Crippen molar-refractivity contribution >= 4 is 27.2 Å². The van der Waals surface area contributed by atoms with Gasteiger partial charge in [-0.15, -0.1) is 0 Å². The number of hydrogen-bond donors (Lipinski definition) is 1. The fraction of sp³-hybridized carbons (Fsp3) is 0.355. The third-order valence-corrected chi connectivity index (χ3v) is 8.04. The molecule has 0 saturated carbocycles. The molecule has 0 bridgehead atoms. The molecule has 0 fully saturated rings. The van der Waals surface area contributed by atoms with E-state index in [0.29, 0.717) is 0 Å². The zero-order chi connectivity index (χ0) is 22.8. The van der Waals surface area contributed by atoms with E-state index in [4.69, 9.17) is 0 Å². The molecule has 0 aliphatic heterocycles. The second-order valence-corrected chi connectivity index (χ2v) is 9.45. The highest BCUT2D eigenvalue weighted by molar-refractivity contribution is 6.13. The molecule has 0 aliphatic carbocycles. The van der Waals surface area contributed by atoms with Crippen LogP contribution in [0.3, 0.4) is 0 Å². The van der Waals surface area contributed by atoms with E-state index in [-0.39, 0.29) is 11.0 Å². The maximum Gasteiger partial charge on any atom is 0.0620 e. The standard InChI is InChI=1S/C31H37N/c1-6-30(5,7-2)24-18-20-25(21-19-24)31(8-3,9-4)32-29-22-23-14-10-11-15-26(23)27-16-12-13-17-28(27)29/h10-22,32H,6-9H2,1-5H3. The Kier molecular flexibility index (Phi) is 6.29. The third kappa shape index (κ3) is 3.79. The first-order valence-electron chi connectivity index (χ1n) is 12.3. The highest BCUT2D eigenvalue weighted by Crippen LogP contribution is 2.39. The monoisotopic (exact) mass is 423 g/mol. The van der Waals surface area contributed by atoms with Crippen LogP contribution in [0.15, 0.2) is 78.9 Å². The largest absolute Gasteiger partial charge is 0.375 e. The summed E-state index contributed by atoms with van der Waals surface area (Å²) in [6, 6.07) is 29.3. The summed E-state index contributed by atoms with van der Waals surface area (Å²) >= 11 is 0. The zero-order valence-electron chi connectivity index (χ0n) is 20.3. The lowest BCUT2D eigenvalue weighted by atomic mass is 9.76. The number of rotatable bonds is 8. The summed E-state index contributed by atoms with van der Waals surface area (Å²) in [5, 5.41) is 9.23. The number of nitrogens with one attached hydrogen (secondary N) is 1. The number of fused-ring (bicyclic) bond motifs is 3. The summed E-state index contributed by atoms with van der Waals surface area (Å²) in [5.74, 6) is 0. The minimum atomic E-state index is -0.0986. The van der Waals surface area contributed by atoms with Gasteiger partial charge in [0.2, 0.25) is 0 Å². The molecule has 0 atom stereocenters. The predicted octanol–water partition coefficient (Wildman–Crippen LogP) is 9.20. The van der Waals surface area contributed by atoms with Crippen molar-refractivity contribution in [2.24, 2.45) is 0 Å². The molecule has 0 saturated heterocycles. The fourth-order valence-corrected chi connectivity index (χ4v) is 5.17. The summed E-state index contributed by atoms with van der Waals surface area (Å²) in [4.78, 5) is 0. The van der Waals surface area contributed by atoms with Crippen molar-refractivity contribution in [1.29, 1.82) is 0 Å². The van der Waals surface area contributed by atoms with Gasteiger partial charge in [-0.25, -0.2) is 0 Å². The molecule has 0 heterocycles. The Hall–Kier alpha value is -2.80. The van der Waals surface area contributed by atoms with E-state index in [1.165, 1.54) is 38.4 Å². The van der Waals surface area contributed by atoms with Crippen molar-refractivity contribution in [3.05, 3.63) is 90.0 Å². The van der Waals surface area contributed by atoms with Crippen LogP contribution in [0.4, 0.5) is 5.69 Å². The van der Waals surface area contributed by atoms with E-state index in [2.05, 4.69) is 119 Å². The van der Waals surface area contributed by atoms with Crippen LogP contribution in [0.5, 0.6) is 0 Å². The maximum absolute atomic E-state index is 4.03. The van der Waals surface area contributed by atoms with Gasteiger partial charge < -0.3 is 5.32 Å². The van der Waals surface area contributed by atoms with E-state index in [1.807, 2.05) is 0 Å². The molecule has 0 aromatic heterocycles. The van der Waals surface area contributed by atoms with Gasteiger partial charge in [-0.2, -0.15) is 0 Å². The van der Waals surface area contributed by atoms with Crippen molar-refractivity contribution in [1.82, 2.24) is 0 Å². The third-order valence-electron chi connectivity index (χ3n) is 8.04. The van der Waals surface area contributed by atoms with Gasteiger partial charge >= 0.3 is 0 Å². The van der Waals surface area contributed by atoms with Gasteiger partial charge in [0.05, 0.1) is 5.54 Å². The molecule has 4 aromatic rings. The van der Waals surface area contributed by atoms with Crippen LogP contribution in [-0.4, -0.2) is 0 Å². The highest BCUT2D eigenvalue weighted by Gasteiger charge is 2.30. The van der Waals surface area contributed by atoms with Gasteiger partial charge in [-0.3, -0.25) is 0 Å². The molecule has 4 rings (SSSR count). The summed E-state index contributed by atoms with van der Waals surface area (Å²) < 4.78 is 0. The molecule has 32 heavy (non-hydrogen) atoms. The summed E-state index contributed by atoms with van der Waals surface area (Å²) in [6.45, 7) is 11.6. The molecule has 166 valence electrons. The van der Waals surface area contributed by atoms with E-state index < -0.39 is 0 Å². The van der Waals surface area contributed by atoms with Crippen molar-refractivity contribution < 1.29 is 0 Å². The van der Waals surface area contributed by atoms with Crippen LogP contribution in [0.2, 0.25) is 0 Å². The topological polar surface area (TPSA) is 12.0 Å². The molecule has 0 aliphatic rings.